The van der Waals surface area contributed by atoms with Gasteiger partial charge in [-0.05, 0) is 38.0 Å². The van der Waals surface area contributed by atoms with Crippen molar-refractivity contribution in [2.24, 2.45) is 0 Å². The normalized spacial score (nSPS) is 11.6. The molecule has 8 heteroatoms. The molecule has 34 heavy (non-hydrogen) atoms. The number of benzene rings is 2. The number of nitrogens with one attached hydrogen (secondary N) is 1. The number of para-hydroxylation sites is 1. The summed E-state index contributed by atoms with van der Waals surface area (Å²) in [5.74, 6) is 0.341. The van der Waals surface area contributed by atoms with Crippen LogP contribution in [0.3, 0.4) is 0 Å². The van der Waals surface area contributed by atoms with Crippen LogP contribution in [0.4, 0.5) is 5.69 Å². The second-order valence-corrected chi connectivity index (χ2v) is 9.40. The molecule has 0 bridgehead atoms. The summed E-state index contributed by atoms with van der Waals surface area (Å²) in [7, 11) is 1.64. The van der Waals surface area contributed by atoms with Gasteiger partial charge in [-0.15, -0.1) is 16.8 Å². The van der Waals surface area contributed by atoms with Crippen LogP contribution in [0.15, 0.2) is 66.3 Å². The minimum absolute atomic E-state index is 0.0321. The number of likely N-dealkylation sites (N-methyl/N-ethyl adjacent to an activating group) is 1. The number of aryl methyl sites for hydroxylation is 2. The Morgan fingerprint density at radius 3 is 2.68 bits per heavy atom. The van der Waals surface area contributed by atoms with Crippen LogP contribution >= 0.6 is 11.8 Å². The summed E-state index contributed by atoms with van der Waals surface area (Å²) in [4.78, 5) is 27.0. The van der Waals surface area contributed by atoms with Gasteiger partial charge in [-0.3, -0.25) is 14.2 Å². The summed E-state index contributed by atoms with van der Waals surface area (Å²) in [6.45, 7) is 10.2. The lowest BCUT2D eigenvalue weighted by Gasteiger charge is -2.21. The number of carbonyl (C=O) groups excluding carboxylic acids is 2. The molecule has 178 valence electrons. The first-order chi connectivity index (χ1) is 16.3. The van der Waals surface area contributed by atoms with E-state index in [1.165, 1.54) is 16.7 Å². The molecule has 1 atom stereocenters. The van der Waals surface area contributed by atoms with Crippen LogP contribution in [0.1, 0.15) is 25.0 Å². The Hall–Kier alpha value is -3.39. The lowest BCUT2D eigenvalue weighted by molar-refractivity contribution is -0.132. The molecule has 0 radical (unpaired) electrons. The van der Waals surface area contributed by atoms with E-state index in [0.717, 1.165) is 34.6 Å². The zero-order valence-electron chi connectivity index (χ0n) is 20.1. The van der Waals surface area contributed by atoms with Crippen molar-refractivity contribution in [3.8, 4) is 11.4 Å². The Morgan fingerprint density at radius 2 is 1.97 bits per heavy atom. The Kier molecular flexibility index (Phi) is 8.65. The number of thioether (sulfide) groups is 1. The number of amides is 2. The quantitative estimate of drug-likeness (QED) is 0.342. The molecule has 0 aliphatic carbocycles. The van der Waals surface area contributed by atoms with Crippen LogP contribution in [0.5, 0.6) is 0 Å². The molecule has 0 spiro atoms. The first-order valence-corrected chi connectivity index (χ1v) is 12.1. The van der Waals surface area contributed by atoms with Crippen molar-refractivity contribution in [2.75, 3.05) is 18.9 Å². The topological polar surface area (TPSA) is 80.1 Å². The van der Waals surface area contributed by atoms with Crippen LogP contribution in [0.2, 0.25) is 0 Å². The summed E-state index contributed by atoms with van der Waals surface area (Å²) < 4.78 is 1.95. The number of rotatable bonds is 10. The molecule has 1 unspecified atom stereocenters. The average Bonchev–Trinajstić information content (AvgIpc) is 3.21. The van der Waals surface area contributed by atoms with Gasteiger partial charge in [0.2, 0.25) is 11.8 Å². The van der Waals surface area contributed by atoms with Crippen molar-refractivity contribution in [3.63, 3.8) is 0 Å². The number of aromatic nitrogens is 3. The molecule has 2 aromatic carbocycles. The summed E-state index contributed by atoms with van der Waals surface area (Å²) in [6.07, 6.45) is 2.60. The summed E-state index contributed by atoms with van der Waals surface area (Å²) >= 11 is 1.32. The van der Waals surface area contributed by atoms with Crippen molar-refractivity contribution in [2.45, 2.75) is 44.1 Å². The molecular weight excluding hydrogens is 446 g/mol. The fourth-order valence-corrected chi connectivity index (χ4v) is 4.59. The monoisotopic (exact) mass is 477 g/mol. The minimum atomic E-state index is -0.446. The molecule has 2 amide bonds. The van der Waals surface area contributed by atoms with Gasteiger partial charge in [-0.1, -0.05) is 66.7 Å². The highest BCUT2D eigenvalue weighted by molar-refractivity contribution is 8.00. The molecule has 3 aromatic rings. The van der Waals surface area contributed by atoms with Crippen molar-refractivity contribution >= 4 is 29.3 Å². The second-order valence-electron chi connectivity index (χ2n) is 8.09. The number of nitrogens with zero attached hydrogens (tertiary/aromatic N) is 4. The maximum absolute atomic E-state index is 13.0. The molecule has 1 heterocycles. The van der Waals surface area contributed by atoms with Crippen molar-refractivity contribution in [1.29, 1.82) is 0 Å². The Morgan fingerprint density at radius 1 is 1.21 bits per heavy atom. The van der Waals surface area contributed by atoms with Gasteiger partial charge < -0.3 is 10.2 Å². The second kappa shape index (κ2) is 11.7. The molecule has 0 fully saturated rings. The predicted molar refractivity (Wildman–Crippen MR) is 138 cm³/mol. The first-order valence-electron chi connectivity index (χ1n) is 11.2. The molecular formula is C26H31N5O2S. The number of anilines is 1. The van der Waals surface area contributed by atoms with E-state index in [1.54, 1.807) is 13.1 Å². The average molecular weight is 478 g/mol. The van der Waals surface area contributed by atoms with Gasteiger partial charge >= 0.3 is 0 Å². The molecule has 1 N–H and O–H groups in total. The third kappa shape index (κ3) is 6.14. The van der Waals surface area contributed by atoms with Crippen LogP contribution < -0.4 is 5.32 Å². The fraction of sp³-hybridized carbons (Fsp3) is 0.308. The predicted octanol–water partition coefficient (Wildman–Crippen LogP) is 4.58. The van der Waals surface area contributed by atoms with E-state index in [2.05, 4.69) is 28.2 Å². The molecule has 3 rings (SSSR count). The fourth-order valence-electron chi connectivity index (χ4n) is 3.62. The van der Waals surface area contributed by atoms with Crippen molar-refractivity contribution in [3.05, 3.63) is 72.3 Å². The maximum atomic E-state index is 13.0. The lowest BCUT2D eigenvalue weighted by Crippen LogP contribution is -2.39. The SMILES string of the molecule is C=CCn1c(SC(C)C(=O)N(C)CC(=O)Nc2ccccc2CC)nnc1-c1cccc(C)c1. The van der Waals surface area contributed by atoms with Gasteiger partial charge in [0.1, 0.15) is 0 Å². The van der Waals surface area contributed by atoms with Gasteiger partial charge in [0, 0.05) is 24.8 Å². The maximum Gasteiger partial charge on any atom is 0.243 e. The van der Waals surface area contributed by atoms with E-state index in [9.17, 15) is 9.59 Å². The van der Waals surface area contributed by atoms with Gasteiger partial charge in [0.05, 0.1) is 11.8 Å². The third-order valence-electron chi connectivity index (χ3n) is 5.36. The van der Waals surface area contributed by atoms with Crippen LogP contribution in [0.25, 0.3) is 11.4 Å². The zero-order valence-corrected chi connectivity index (χ0v) is 20.9. The van der Waals surface area contributed by atoms with Crippen LogP contribution in [-0.2, 0) is 22.6 Å². The van der Waals surface area contributed by atoms with Crippen molar-refractivity contribution < 1.29 is 9.59 Å². The summed E-state index contributed by atoms with van der Waals surface area (Å²) in [5.41, 5.74) is 3.92. The van der Waals surface area contributed by atoms with Gasteiger partial charge in [-0.25, -0.2) is 0 Å². The number of carbonyl (C=O) groups is 2. The largest absolute Gasteiger partial charge is 0.335 e. The smallest absolute Gasteiger partial charge is 0.243 e. The molecule has 0 aliphatic rings. The van der Waals surface area contributed by atoms with E-state index in [-0.39, 0.29) is 18.4 Å². The molecule has 7 nitrogen and oxygen atoms in total. The molecule has 1 aromatic heterocycles. The Bertz CT molecular complexity index is 1170. The molecule has 0 saturated carbocycles. The highest BCUT2D eigenvalue weighted by Crippen LogP contribution is 2.28. The highest BCUT2D eigenvalue weighted by Gasteiger charge is 2.24. The first kappa shape index (κ1) is 25.2. The van der Waals surface area contributed by atoms with Gasteiger partial charge in [0.25, 0.3) is 0 Å². The van der Waals surface area contributed by atoms with E-state index in [1.807, 2.05) is 67.8 Å². The zero-order chi connectivity index (χ0) is 24.7. The van der Waals surface area contributed by atoms with Crippen LogP contribution in [0, 0.1) is 6.92 Å². The number of hydrogen-bond donors (Lipinski definition) is 1. The third-order valence-corrected chi connectivity index (χ3v) is 6.43. The minimum Gasteiger partial charge on any atom is -0.335 e. The van der Waals surface area contributed by atoms with Crippen LogP contribution in [-0.4, -0.2) is 50.3 Å². The van der Waals surface area contributed by atoms with Gasteiger partial charge in [0.15, 0.2) is 11.0 Å². The van der Waals surface area contributed by atoms with Crippen molar-refractivity contribution in [1.82, 2.24) is 19.7 Å². The number of allylic oxidation sites excluding steroid dienone is 1. The van der Waals surface area contributed by atoms with E-state index in [0.29, 0.717) is 11.7 Å². The lowest BCUT2D eigenvalue weighted by atomic mass is 10.1. The number of hydrogen-bond acceptors (Lipinski definition) is 5. The standard InChI is InChI=1S/C26H31N5O2S/c1-6-15-31-24(21-13-10-11-18(3)16-21)28-29-26(31)34-19(4)25(33)30(5)17-23(32)27-22-14-9-8-12-20(22)7-2/h6,8-14,16,19H,1,7,15,17H2,2-5H3,(H,27,32). The summed E-state index contributed by atoms with van der Waals surface area (Å²) in [5, 5.41) is 11.8. The van der Waals surface area contributed by atoms with E-state index in [4.69, 9.17) is 0 Å². The van der Waals surface area contributed by atoms with E-state index >= 15 is 0 Å². The highest BCUT2D eigenvalue weighted by atomic mass is 32.2. The molecule has 0 aliphatic heterocycles. The Balaban J connectivity index is 1.67. The van der Waals surface area contributed by atoms with Gasteiger partial charge in [-0.2, -0.15) is 0 Å². The Labute approximate surface area is 205 Å². The molecule has 0 saturated heterocycles. The van der Waals surface area contributed by atoms with E-state index < -0.39 is 5.25 Å². The summed E-state index contributed by atoms with van der Waals surface area (Å²) in [6, 6.07) is 15.7.